The number of carbonyl (C=O) groups is 1. The van der Waals surface area contributed by atoms with E-state index in [1.54, 1.807) is 0 Å². The van der Waals surface area contributed by atoms with Gasteiger partial charge >= 0.3 is 5.97 Å². The normalized spacial score (nSPS) is 12.4. The average Bonchev–Trinajstić information content (AvgIpc) is 2.81. The van der Waals surface area contributed by atoms with E-state index in [-0.39, 0.29) is 12.1 Å². The molecule has 34 heavy (non-hydrogen) atoms. The fourth-order valence-corrected chi connectivity index (χ4v) is 4.10. The largest absolute Gasteiger partial charge is 0.491 e. The number of hydrogen-bond acceptors (Lipinski definition) is 3. The summed E-state index contributed by atoms with van der Waals surface area (Å²) in [7, 11) is 4.30. The monoisotopic (exact) mass is 468 g/mol. The van der Waals surface area contributed by atoms with Gasteiger partial charge in [0.2, 0.25) is 0 Å². The Morgan fingerprint density at radius 1 is 0.882 bits per heavy atom. The van der Waals surface area contributed by atoms with Gasteiger partial charge < -0.3 is 14.0 Å². The van der Waals surface area contributed by atoms with Gasteiger partial charge in [0.25, 0.3) is 0 Å². The van der Waals surface area contributed by atoms with E-state index >= 15 is 0 Å². The van der Waals surface area contributed by atoms with Gasteiger partial charge in [-0.25, -0.2) is 0 Å². The number of benzene rings is 2. The van der Waals surface area contributed by atoms with Gasteiger partial charge in [0.1, 0.15) is 12.3 Å². The summed E-state index contributed by atoms with van der Waals surface area (Å²) in [5, 5.41) is 0. The fourth-order valence-electron chi connectivity index (χ4n) is 4.10. The first-order chi connectivity index (χ1) is 16.4. The molecule has 4 heteroatoms. The summed E-state index contributed by atoms with van der Waals surface area (Å²) < 4.78 is 12.2. The van der Waals surface area contributed by atoms with Crippen molar-refractivity contribution in [2.45, 2.75) is 84.3 Å². The van der Waals surface area contributed by atoms with Crippen LogP contribution < -0.4 is 4.74 Å². The van der Waals surface area contributed by atoms with Gasteiger partial charge in [0, 0.05) is 12.0 Å². The number of rotatable bonds is 17. The Bertz CT molecular complexity index is 802. The van der Waals surface area contributed by atoms with Crippen molar-refractivity contribution in [2.75, 3.05) is 27.2 Å². The molecular weight excluding hydrogens is 422 g/mol. The molecule has 0 spiro atoms. The Morgan fingerprint density at radius 2 is 1.56 bits per heavy atom. The maximum atomic E-state index is 12.2. The van der Waals surface area contributed by atoms with E-state index in [9.17, 15) is 4.79 Å². The topological polar surface area (TPSA) is 35.5 Å². The first-order valence-electron chi connectivity index (χ1n) is 13.1. The number of aryl methyl sites for hydroxylation is 1. The van der Waals surface area contributed by atoms with Crippen molar-refractivity contribution < 1.29 is 18.8 Å². The van der Waals surface area contributed by atoms with Crippen LogP contribution in [0.15, 0.2) is 54.6 Å². The predicted octanol–water partition coefficient (Wildman–Crippen LogP) is 6.96. The molecule has 0 radical (unpaired) electrons. The zero-order chi connectivity index (χ0) is 24.7. The molecule has 0 aliphatic heterocycles. The molecule has 0 saturated carbocycles. The zero-order valence-corrected chi connectivity index (χ0v) is 21.9. The summed E-state index contributed by atoms with van der Waals surface area (Å²) in [5.41, 5.74) is 2.65. The van der Waals surface area contributed by atoms with Gasteiger partial charge in [-0.05, 0) is 37.5 Å². The Balaban J connectivity index is 1.58. The van der Waals surface area contributed by atoms with E-state index in [4.69, 9.17) is 9.47 Å². The van der Waals surface area contributed by atoms with Crippen LogP contribution in [0, 0.1) is 0 Å². The second-order valence-electron chi connectivity index (χ2n) is 10.2. The van der Waals surface area contributed by atoms with Crippen LogP contribution >= 0.6 is 0 Å². The van der Waals surface area contributed by atoms with Gasteiger partial charge in [0.05, 0.1) is 39.8 Å². The highest BCUT2D eigenvalue weighted by molar-refractivity contribution is 5.69. The minimum atomic E-state index is -0.134. The van der Waals surface area contributed by atoms with Crippen LogP contribution in [0.25, 0.3) is 0 Å². The third kappa shape index (κ3) is 12.2. The fraction of sp³-hybridized carbons (Fsp3) is 0.567. The van der Waals surface area contributed by atoms with Crippen LogP contribution in [0.3, 0.4) is 0 Å². The predicted molar refractivity (Wildman–Crippen MR) is 141 cm³/mol. The van der Waals surface area contributed by atoms with Crippen molar-refractivity contribution in [3.8, 4) is 5.75 Å². The van der Waals surface area contributed by atoms with E-state index in [1.165, 1.54) is 49.7 Å². The van der Waals surface area contributed by atoms with Crippen LogP contribution in [-0.4, -0.2) is 43.8 Å². The van der Waals surface area contributed by atoms with Crippen LogP contribution in [-0.2, 0) is 22.5 Å². The van der Waals surface area contributed by atoms with Crippen LogP contribution in [0.4, 0.5) is 0 Å². The minimum Gasteiger partial charge on any atom is -0.491 e. The lowest BCUT2D eigenvalue weighted by Gasteiger charge is -2.29. The lowest BCUT2D eigenvalue weighted by Crippen LogP contribution is -2.40. The molecule has 1 atom stereocenters. The van der Waals surface area contributed by atoms with Crippen molar-refractivity contribution in [3.63, 3.8) is 0 Å². The summed E-state index contributed by atoms with van der Waals surface area (Å²) in [6.07, 6.45) is 10.2. The second kappa shape index (κ2) is 15.5. The minimum absolute atomic E-state index is 0.00233. The molecule has 0 aliphatic carbocycles. The Labute approximate surface area is 207 Å². The maximum absolute atomic E-state index is 12.2. The number of hydrogen-bond donors (Lipinski definition) is 0. The van der Waals surface area contributed by atoms with E-state index in [2.05, 4.69) is 69.6 Å². The quantitative estimate of drug-likeness (QED) is 0.143. The number of carbonyl (C=O) groups excluding carboxylic acids is 1. The van der Waals surface area contributed by atoms with Crippen molar-refractivity contribution in [2.24, 2.45) is 0 Å². The first-order valence-corrected chi connectivity index (χ1v) is 13.1. The summed E-state index contributed by atoms with van der Waals surface area (Å²) in [6, 6.07) is 18.8. The Hall–Kier alpha value is -2.33. The smallest absolute Gasteiger partial charge is 0.311 e. The third-order valence-corrected chi connectivity index (χ3v) is 6.24. The van der Waals surface area contributed by atoms with Gasteiger partial charge in [-0.1, -0.05) is 81.5 Å². The molecule has 0 amide bonds. The van der Waals surface area contributed by atoms with E-state index < -0.39 is 0 Å². The van der Waals surface area contributed by atoms with Crippen molar-refractivity contribution in [1.29, 1.82) is 0 Å². The molecule has 0 bridgehead atoms. The molecule has 0 N–H and O–H groups in total. The maximum Gasteiger partial charge on any atom is 0.311 e. The highest BCUT2D eigenvalue weighted by Gasteiger charge is 2.18. The van der Waals surface area contributed by atoms with E-state index in [1.807, 2.05) is 13.0 Å². The second-order valence-corrected chi connectivity index (χ2v) is 10.2. The lowest BCUT2D eigenvalue weighted by molar-refractivity contribution is -0.903. The summed E-state index contributed by atoms with van der Waals surface area (Å²) in [4.78, 5) is 12.2. The zero-order valence-electron chi connectivity index (χ0n) is 21.9. The SMILES string of the molecule is CCCCCCCCc1ccc(OC(C)CCOC(=O)CC[N+](C)(C)Cc2ccccc2)cc1. The van der Waals surface area contributed by atoms with E-state index in [0.717, 1.165) is 29.7 Å². The molecule has 0 aromatic heterocycles. The number of quaternary nitrogens is 1. The van der Waals surface area contributed by atoms with Gasteiger partial charge in [-0.2, -0.15) is 0 Å². The summed E-state index contributed by atoms with van der Waals surface area (Å²) in [5.74, 6) is 0.746. The van der Waals surface area contributed by atoms with Crippen LogP contribution in [0.2, 0.25) is 0 Å². The van der Waals surface area contributed by atoms with E-state index in [0.29, 0.717) is 19.4 Å². The van der Waals surface area contributed by atoms with Crippen LogP contribution in [0.1, 0.15) is 76.3 Å². The van der Waals surface area contributed by atoms with Crippen molar-refractivity contribution in [3.05, 3.63) is 65.7 Å². The number of esters is 1. The molecule has 1 unspecified atom stereocenters. The first kappa shape index (κ1) is 27.9. The molecule has 0 saturated heterocycles. The summed E-state index contributed by atoms with van der Waals surface area (Å²) >= 11 is 0. The highest BCUT2D eigenvalue weighted by atomic mass is 16.5. The third-order valence-electron chi connectivity index (χ3n) is 6.24. The highest BCUT2D eigenvalue weighted by Crippen LogP contribution is 2.17. The molecule has 2 aromatic carbocycles. The molecule has 2 rings (SSSR count). The Kier molecular flexibility index (Phi) is 12.8. The average molecular weight is 469 g/mol. The molecule has 188 valence electrons. The number of ether oxygens (including phenoxy) is 2. The molecule has 2 aromatic rings. The number of nitrogens with zero attached hydrogens (tertiary/aromatic N) is 1. The van der Waals surface area contributed by atoms with Gasteiger partial charge in [-0.3, -0.25) is 4.79 Å². The summed E-state index contributed by atoms with van der Waals surface area (Å²) in [6.45, 7) is 6.33. The van der Waals surface area contributed by atoms with Crippen molar-refractivity contribution in [1.82, 2.24) is 0 Å². The van der Waals surface area contributed by atoms with Gasteiger partial charge in [0.15, 0.2) is 0 Å². The molecule has 0 aliphatic rings. The van der Waals surface area contributed by atoms with Gasteiger partial charge in [-0.15, -0.1) is 0 Å². The molecule has 0 heterocycles. The molecule has 4 nitrogen and oxygen atoms in total. The molecule has 0 fully saturated rings. The number of unbranched alkanes of at least 4 members (excludes halogenated alkanes) is 5. The standard InChI is InChI=1S/C30H46NO3/c1-5-6-7-8-9-11-14-27-17-19-29(20-18-27)34-26(2)22-24-33-30(32)21-23-31(3,4)25-28-15-12-10-13-16-28/h10,12-13,15-20,26H,5-9,11,14,21-25H2,1-4H3/q+1. The van der Waals surface area contributed by atoms with Crippen LogP contribution in [0.5, 0.6) is 5.75 Å². The van der Waals surface area contributed by atoms with Crippen molar-refractivity contribution >= 4 is 5.97 Å². The Morgan fingerprint density at radius 3 is 2.26 bits per heavy atom. The molecular formula is C30H46NO3+. The lowest BCUT2D eigenvalue weighted by atomic mass is 10.0.